The van der Waals surface area contributed by atoms with Crippen molar-refractivity contribution in [2.45, 2.75) is 33.2 Å². The first-order valence-electron chi connectivity index (χ1n) is 6.62. The van der Waals surface area contributed by atoms with Gasteiger partial charge in [-0.15, -0.1) is 0 Å². The lowest BCUT2D eigenvalue weighted by atomic mass is 9.94. The van der Waals surface area contributed by atoms with E-state index in [1.165, 1.54) is 0 Å². The van der Waals surface area contributed by atoms with Crippen LogP contribution in [0.25, 0.3) is 0 Å². The van der Waals surface area contributed by atoms with Gasteiger partial charge >= 0.3 is 12.0 Å². The van der Waals surface area contributed by atoms with Crippen LogP contribution in [0, 0.1) is 5.41 Å². The minimum absolute atomic E-state index is 0.100. The molecular formula is C13H22N4O3. The van der Waals surface area contributed by atoms with Crippen LogP contribution in [-0.2, 0) is 11.3 Å². The lowest BCUT2D eigenvalue weighted by molar-refractivity contribution is -0.146. The summed E-state index contributed by atoms with van der Waals surface area (Å²) in [5.41, 5.74) is -0.960. The maximum Gasteiger partial charge on any atom is 0.314 e. The van der Waals surface area contributed by atoms with E-state index < -0.39 is 11.4 Å². The summed E-state index contributed by atoms with van der Waals surface area (Å²) in [7, 11) is 0. The fraction of sp³-hybridized carbons (Fsp3) is 0.615. The Morgan fingerprint density at radius 1 is 1.30 bits per heavy atom. The van der Waals surface area contributed by atoms with Crippen molar-refractivity contribution in [2.24, 2.45) is 5.41 Å². The summed E-state index contributed by atoms with van der Waals surface area (Å²) in [5.74, 6) is -0.932. The largest absolute Gasteiger partial charge is 0.481 e. The average molecular weight is 282 g/mol. The summed E-state index contributed by atoms with van der Waals surface area (Å²) in [4.78, 5) is 26.3. The number of nitrogens with zero attached hydrogens (tertiary/aromatic N) is 2. The zero-order valence-electron chi connectivity index (χ0n) is 11.9. The van der Waals surface area contributed by atoms with Gasteiger partial charge in [-0.3, -0.25) is 4.79 Å². The number of urea groups is 1. The van der Waals surface area contributed by atoms with Crippen LogP contribution in [0.4, 0.5) is 4.79 Å². The first kappa shape index (κ1) is 16.0. The standard InChI is InChI=1S/C13H22N4O3/c1-13(2,11(18)19)9-16-12(20)15-5-3-4-7-17-8-6-14-10-17/h6,8,10H,3-5,7,9H2,1-2H3,(H,18,19)(H2,15,16,20). The second kappa shape index (κ2) is 7.52. The predicted molar refractivity (Wildman–Crippen MR) is 74.3 cm³/mol. The number of carbonyl (C=O) groups excluding carboxylic acids is 1. The fourth-order valence-corrected chi connectivity index (χ4v) is 1.48. The number of carbonyl (C=O) groups is 2. The van der Waals surface area contributed by atoms with E-state index in [2.05, 4.69) is 15.6 Å². The topological polar surface area (TPSA) is 96.3 Å². The van der Waals surface area contributed by atoms with Gasteiger partial charge in [-0.25, -0.2) is 9.78 Å². The van der Waals surface area contributed by atoms with Crippen molar-refractivity contribution < 1.29 is 14.7 Å². The number of hydrogen-bond acceptors (Lipinski definition) is 3. The molecule has 0 radical (unpaired) electrons. The van der Waals surface area contributed by atoms with Crippen molar-refractivity contribution in [3.8, 4) is 0 Å². The molecule has 0 aliphatic rings. The highest BCUT2D eigenvalue weighted by atomic mass is 16.4. The number of rotatable bonds is 8. The van der Waals surface area contributed by atoms with Crippen molar-refractivity contribution in [2.75, 3.05) is 13.1 Å². The van der Waals surface area contributed by atoms with Gasteiger partial charge in [0.05, 0.1) is 11.7 Å². The van der Waals surface area contributed by atoms with Crippen LogP contribution in [0.3, 0.4) is 0 Å². The third-order valence-electron chi connectivity index (χ3n) is 2.96. The molecule has 2 amide bonds. The van der Waals surface area contributed by atoms with Gasteiger partial charge < -0.3 is 20.3 Å². The maximum absolute atomic E-state index is 11.5. The van der Waals surface area contributed by atoms with Gasteiger partial charge in [0.2, 0.25) is 0 Å². The average Bonchev–Trinajstić information content (AvgIpc) is 2.89. The van der Waals surface area contributed by atoms with Crippen molar-refractivity contribution in [3.63, 3.8) is 0 Å². The molecule has 20 heavy (non-hydrogen) atoms. The van der Waals surface area contributed by atoms with E-state index >= 15 is 0 Å². The monoisotopic (exact) mass is 282 g/mol. The molecule has 0 fully saturated rings. The molecule has 3 N–H and O–H groups in total. The molecule has 0 spiro atoms. The van der Waals surface area contributed by atoms with Crippen molar-refractivity contribution in [1.82, 2.24) is 20.2 Å². The summed E-state index contributed by atoms with van der Waals surface area (Å²) in [5, 5.41) is 14.2. The second-order valence-corrected chi connectivity index (χ2v) is 5.31. The van der Waals surface area contributed by atoms with Crippen molar-refractivity contribution in [1.29, 1.82) is 0 Å². The van der Waals surface area contributed by atoms with E-state index in [4.69, 9.17) is 5.11 Å². The summed E-state index contributed by atoms with van der Waals surface area (Å²) in [6, 6.07) is -0.332. The van der Waals surface area contributed by atoms with Gasteiger partial charge in [0.15, 0.2) is 0 Å². The van der Waals surface area contributed by atoms with E-state index in [1.807, 2.05) is 10.8 Å². The number of carboxylic acid groups (broad SMARTS) is 1. The quantitative estimate of drug-likeness (QED) is 0.621. The Bertz CT molecular complexity index is 429. The second-order valence-electron chi connectivity index (χ2n) is 5.31. The summed E-state index contributed by atoms with van der Waals surface area (Å²) in [6.45, 7) is 4.67. The molecule has 0 bridgehead atoms. The number of carboxylic acids is 1. The van der Waals surface area contributed by atoms with Gasteiger partial charge in [0.25, 0.3) is 0 Å². The van der Waals surface area contributed by atoms with Crippen molar-refractivity contribution >= 4 is 12.0 Å². The molecule has 7 heteroatoms. The molecule has 0 saturated carbocycles. The van der Waals surface area contributed by atoms with Gasteiger partial charge in [-0.1, -0.05) is 0 Å². The van der Waals surface area contributed by atoms with Crippen LogP contribution in [0.1, 0.15) is 26.7 Å². The number of nitrogens with one attached hydrogen (secondary N) is 2. The van der Waals surface area contributed by atoms with Crippen LogP contribution >= 0.6 is 0 Å². The van der Waals surface area contributed by atoms with Crippen LogP contribution < -0.4 is 10.6 Å². The molecule has 1 aromatic rings. The molecule has 112 valence electrons. The number of hydrogen-bond donors (Lipinski definition) is 3. The van der Waals surface area contributed by atoms with Crippen molar-refractivity contribution in [3.05, 3.63) is 18.7 Å². The number of aryl methyl sites for hydroxylation is 1. The molecule has 0 unspecified atom stereocenters. The Morgan fingerprint density at radius 2 is 2.05 bits per heavy atom. The Kier molecular flexibility index (Phi) is 6.02. The molecule has 0 saturated heterocycles. The first-order valence-corrected chi connectivity index (χ1v) is 6.62. The number of imidazole rings is 1. The highest BCUT2D eigenvalue weighted by Crippen LogP contribution is 2.12. The van der Waals surface area contributed by atoms with E-state index in [0.29, 0.717) is 6.54 Å². The SMILES string of the molecule is CC(C)(CNC(=O)NCCCCn1ccnc1)C(=O)O. The summed E-state index contributed by atoms with van der Waals surface area (Å²) >= 11 is 0. The lowest BCUT2D eigenvalue weighted by Gasteiger charge is -2.19. The predicted octanol–water partition coefficient (Wildman–Crippen LogP) is 1.07. The number of aliphatic carboxylic acids is 1. The maximum atomic E-state index is 11.5. The van der Waals surface area contributed by atoms with Gasteiger partial charge in [0.1, 0.15) is 0 Å². The Hall–Kier alpha value is -2.05. The molecule has 0 aromatic carbocycles. The minimum atomic E-state index is -0.960. The summed E-state index contributed by atoms with van der Waals surface area (Å²) < 4.78 is 1.98. The minimum Gasteiger partial charge on any atom is -0.481 e. The number of aromatic nitrogens is 2. The molecule has 1 rings (SSSR count). The Morgan fingerprint density at radius 3 is 2.65 bits per heavy atom. The van der Waals surface area contributed by atoms with Crippen LogP contribution in [-0.4, -0.2) is 39.7 Å². The van der Waals surface area contributed by atoms with Gasteiger partial charge in [0, 0.05) is 32.0 Å². The molecule has 0 atom stereocenters. The molecule has 7 nitrogen and oxygen atoms in total. The lowest BCUT2D eigenvalue weighted by Crippen LogP contribution is -2.43. The fourth-order valence-electron chi connectivity index (χ4n) is 1.48. The third kappa shape index (κ3) is 5.73. The zero-order valence-corrected chi connectivity index (χ0v) is 11.9. The summed E-state index contributed by atoms with van der Waals surface area (Å²) in [6.07, 6.45) is 7.18. The first-order chi connectivity index (χ1) is 9.42. The Labute approximate surface area is 118 Å². The van der Waals surface area contributed by atoms with E-state index in [9.17, 15) is 9.59 Å². The zero-order chi connectivity index (χ0) is 15.0. The molecular weight excluding hydrogens is 260 g/mol. The normalized spacial score (nSPS) is 11.1. The molecule has 1 heterocycles. The Balaban J connectivity index is 2.07. The molecule has 0 aliphatic carbocycles. The third-order valence-corrected chi connectivity index (χ3v) is 2.96. The van der Waals surface area contributed by atoms with Crippen LogP contribution in [0.15, 0.2) is 18.7 Å². The van der Waals surface area contributed by atoms with Gasteiger partial charge in [-0.2, -0.15) is 0 Å². The van der Waals surface area contributed by atoms with E-state index in [0.717, 1.165) is 19.4 Å². The highest BCUT2D eigenvalue weighted by molar-refractivity contribution is 5.77. The number of amides is 2. The highest BCUT2D eigenvalue weighted by Gasteiger charge is 2.27. The van der Waals surface area contributed by atoms with Gasteiger partial charge in [-0.05, 0) is 26.7 Å². The van der Waals surface area contributed by atoms with Crippen LogP contribution in [0.5, 0.6) is 0 Å². The van der Waals surface area contributed by atoms with E-state index in [-0.39, 0.29) is 12.6 Å². The van der Waals surface area contributed by atoms with Crippen LogP contribution in [0.2, 0.25) is 0 Å². The smallest absolute Gasteiger partial charge is 0.314 e. The molecule has 1 aromatic heterocycles. The van der Waals surface area contributed by atoms with E-state index in [1.54, 1.807) is 26.4 Å². The molecule has 0 aliphatic heterocycles. The number of unbranched alkanes of at least 4 members (excludes halogenated alkanes) is 1.